The molecule has 3 aromatic rings. The Kier molecular flexibility index (Phi) is 6.84. The minimum atomic E-state index is -4.93. The van der Waals surface area contributed by atoms with Gasteiger partial charge in [0.1, 0.15) is 23.5 Å². The van der Waals surface area contributed by atoms with Crippen LogP contribution in [-0.4, -0.2) is 37.4 Å². The second kappa shape index (κ2) is 9.91. The number of aromatic nitrogens is 2. The van der Waals surface area contributed by atoms with Gasteiger partial charge >= 0.3 is 6.18 Å². The van der Waals surface area contributed by atoms with Gasteiger partial charge in [0, 0.05) is 18.2 Å². The molecule has 2 N–H and O–H groups in total. The molecule has 1 heterocycles. The molecule has 3 unspecified atom stereocenters. The van der Waals surface area contributed by atoms with Crippen molar-refractivity contribution in [2.75, 3.05) is 0 Å². The van der Waals surface area contributed by atoms with E-state index in [-0.39, 0.29) is 22.5 Å². The Bertz CT molecular complexity index is 1490. The highest BCUT2D eigenvalue weighted by molar-refractivity contribution is 5.94. The first-order chi connectivity index (χ1) is 18.0. The normalized spacial score (nSPS) is 19.5. The minimum Gasteiger partial charge on any atom is -0.385 e. The van der Waals surface area contributed by atoms with Crippen LogP contribution in [0, 0.1) is 21.4 Å². The number of amides is 1. The summed E-state index contributed by atoms with van der Waals surface area (Å²) in [4.78, 5) is 23.7. The third-order valence-electron chi connectivity index (χ3n) is 5.87. The number of nitriles is 1. The van der Waals surface area contributed by atoms with Gasteiger partial charge in [-0.1, -0.05) is 24.3 Å². The number of aliphatic hydroxyl groups excluding tert-OH is 1. The number of halogens is 4. The summed E-state index contributed by atoms with van der Waals surface area (Å²) in [5, 5.41) is 37.0. The summed E-state index contributed by atoms with van der Waals surface area (Å²) in [6, 6.07) is 12.1. The number of carbonyl (C=O) groups excluding carboxylic acids is 1. The van der Waals surface area contributed by atoms with Crippen LogP contribution in [0.3, 0.4) is 0 Å². The average molecular weight is 527 g/mol. The van der Waals surface area contributed by atoms with Crippen molar-refractivity contribution < 1.29 is 32.4 Å². The van der Waals surface area contributed by atoms with Crippen LogP contribution in [0.1, 0.15) is 33.4 Å². The molecule has 1 aliphatic rings. The number of aliphatic hydroxyl groups is 1. The van der Waals surface area contributed by atoms with Gasteiger partial charge in [0.25, 0.3) is 11.6 Å². The summed E-state index contributed by atoms with van der Waals surface area (Å²) in [6.45, 7) is 0. The van der Waals surface area contributed by atoms with Gasteiger partial charge in [0.05, 0.1) is 22.2 Å². The predicted octanol–water partition coefficient (Wildman–Crippen LogP) is 4.34. The maximum Gasteiger partial charge on any atom is 0.435 e. The molecule has 3 atom stereocenters. The van der Waals surface area contributed by atoms with E-state index in [9.17, 15) is 33.2 Å². The molecule has 1 amide bonds. The molecule has 13 heteroatoms. The van der Waals surface area contributed by atoms with Gasteiger partial charge in [-0.25, -0.2) is 9.07 Å². The van der Waals surface area contributed by atoms with Crippen molar-refractivity contribution in [3.63, 3.8) is 0 Å². The number of hydrogen-bond donors (Lipinski definition) is 2. The van der Waals surface area contributed by atoms with Crippen LogP contribution in [0.5, 0.6) is 0 Å². The van der Waals surface area contributed by atoms with Gasteiger partial charge in [0.2, 0.25) is 0 Å². The highest BCUT2D eigenvalue weighted by Gasteiger charge is 2.47. The number of nitro groups is 1. The Morgan fingerprint density at radius 3 is 2.53 bits per heavy atom. The van der Waals surface area contributed by atoms with Crippen LogP contribution in [-0.2, 0) is 6.18 Å². The lowest BCUT2D eigenvalue weighted by atomic mass is 9.80. The van der Waals surface area contributed by atoms with Crippen LogP contribution in [0.2, 0.25) is 0 Å². The van der Waals surface area contributed by atoms with E-state index >= 15 is 4.39 Å². The number of allylic oxidation sites excluding steroid dienone is 2. The smallest absolute Gasteiger partial charge is 0.385 e. The van der Waals surface area contributed by atoms with Crippen molar-refractivity contribution in [1.29, 1.82) is 5.26 Å². The molecule has 0 aliphatic heterocycles. The molecule has 38 heavy (non-hydrogen) atoms. The van der Waals surface area contributed by atoms with Crippen LogP contribution in [0.25, 0.3) is 5.69 Å². The molecule has 0 fully saturated rings. The number of benzene rings is 2. The van der Waals surface area contributed by atoms with Gasteiger partial charge in [-0.3, -0.25) is 14.9 Å². The third-order valence-corrected chi connectivity index (χ3v) is 5.87. The van der Waals surface area contributed by atoms with E-state index in [0.717, 1.165) is 24.3 Å². The SMILES string of the molecule is N#Cc1cccc(-n2nc(C(F)(F)F)cc2C(=O)NC2(C(O)c3ccc([N+](=O)[O-])cc3)C=CC=CC2F)c1. The molecular weight excluding hydrogens is 510 g/mol. The van der Waals surface area contributed by atoms with Gasteiger partial charge in [-0.15, -0.1) is 0 Å². The first kappa shape index (κ1) is 26.2. The van der Waals surface area contributed by atoms with E-state index in [1.165, 1.54) is 48.6 Å². The molecule has 9 nitrogen and oxygen atoms in total. The molecule has 0 spiro atoms. The number of hydrogen-bond acceptors (Lipinski definition) is 6. The van der Waals surface area contributed by atoms with Gasteiger partial charge < -0.3 is 10.4 Å². The molecule has 1 aliphatic carbocycles. The second-order valence-corrected chi connectivity index (χ2v) is 8.27. The predicted molar refractivity (Wildman–Crippen MR) is 125 cm³/mol. The van der Waals surface area contributed by atoms with Gasteiger partial charge in [-0.05, 0) is 42.0 Å². The molecule has 1 aromatic heterocycles. The van der Waals surface area contributed by atoms with E-state index < -0.39 is 46.2 Å². The first-order valence-corrected chi connectivity index (χ1v) is 10.9. The van der Waals surface area contributed by atoms with Crippen molar-refractivity contribution in [3.05, 3.63) is 112 Å². The highest BCUT2D eigenvalue weighted by atomic mass is 19.4. The Morgan fingerprint density at radius 1 is 1.21 bits per heavy atom. The summed E-state index contributed by atoms with van der Waals surface area (Å²) in [5.41, 5.74) is -4.48. The Hall–Kier alpha value is -4.83. The lowest BCUT2D eigenvalue weighted by Gasteiger charge is -2.39. The van der Waals surface area contributed by atoms with Crippen molar-refractivity contribution >= 4 is 11.6 Å². The molecule has 194 valence electrons. The standard InChI is InChI=1S/C25H17F4N5O4/c26-20-6-1-2-11-24(20,22(35)16-7-9-17(10-8-16)34(37)38)31-23(36)19-13-21(25(27,28)29)32-33(19)18-5-3-4-15(12-18)14-30/h1-13,20,22,35H,(H,31,36). The molecule has 0 saturated heterocycles. The largest absolute Gasteiger partial charge is 0.435 e. The summed E-state index contributed by atoms with van der Waals surface area (Å²) in [6.07, 6.45) is -3.95. The Morgan fingerprint density at radius 2 is 1.92 bits per heavy atom. The minimum absolute atomic E-state index is 0.00436. The average Bonchev–Trinajstić information content (AvgIpc) is 3.36. The van der Waals surface area contributed by atoms with Gasteiger partial charge in [0.15, 0.2) is 5.69 Å². The van der Waals surface area contributed by atoms with Crippen LogP contribution in [0.15, 0.2) is 78.9 Å². The molecule has 0 bridgehead atoms. The fraction of sp³-hybridized carbons (Fsp3) is 0.160. The number of rotatable bonds is 6. The molecular formula is C25H17F4N5O4. The van der Waals surface area contributed by atoms with Gasteiger partial charge in [-0.2, -0.15) is 23.5 Å². The zero-order chi connectivity index (χ0) is 27.7. The van der Waals surface area contributed by atoms with E-state index in [1.54, 1.807) is 0 Å². The fourth-order valence-corrected chi connectivity index (χ4v) is 3.95. The maximum absolute atomic E-state index is 15.4. The molecule has 0 radical (unpaired) electrons. The summed E-state index contributed by atoms with van der Waals surface area (Å²) in [5.74, 6) is -1.21. The summed E-state index contributed by atoms with van der Waals surface area (Å²) in [7, 11) is 0. The lowest BCUT2D eigenvalue weighted by Crippen LogP contribution is -2.58. The van der Waals surface area contributed by atoms with E-state index in [4.69, 9.17) is 5.26 Å². The monoisotopic (exact) mass is 527 g/mol. The van der Waals surface area contributed by atoms with E-state index in [0.29, 0.717) is 10.7 Å². The van der Waals surface area contributed by atoms with Crippen LogP contribution >= 0.6 is 0 Å². The molecule has 2 aromatic carbocycles. The molecule has 4 rings (SSSR count). The Labute approximate surface area is 212 Å². The van der Waals surface area contributed by atoms with Crippen LogP contribution in [0.4, 0.5) is 23.2 Å². The highest BCUT2D eigenvalue weighted by Crippen LogP contribution is 2.36. The fourth-order valence-electron chi connectivity index (χ4n) is 3.95. The zero-order valence-electron chi connectivity index (χ0n) is 19.1. The van der Waals surface area contributed by atoms with Crippen molar-refractivity contribution in [1.82, 2.24) is 15.1 Å². The zero-order valence-corrected chi connectivity index (χ0v) is 19.1. The number of non-ortho nitro benzene ring substituents is 1. The Balaban J connectivity index is 1.78. The first-order valence-electron chi connectivity index (χ1n) is 10.9. The maximum atomic E-state index is 15.4. The van der Waals surface area contributed by atoms with Crippen molar-refractivity contribution in [2.24, 2.45) is 0 Å². The topological polar surface area (TPSA) is 134 Å². The summed E-state index contributed by atoms with van der Waals surface area (Å²) < 4.78 is 56.6. The number of alkyl halides is 4. The third kappa shape index (κ3) is 4.89. The number of carbonyl (C=O) groups is 1. The van der Waals surface area contributed by atoms with Crippen LogP contribution < -0.4 is 5.32 Å². The van der Waals surface area contributed by atoms with Crippen molar-refractivity contribution in [3.8, 4) is 11.8 Å². The summed E-state index contributed by atoms with van der Waals surface area (Å²) >= 11 is 0. The quantitative estimate of drug-likeness (QED) is 0.278. The number of nitrogens with zero attached hydrogens (tertiary/aromatic N) is 4. The number of nitrogens with one attached hydrogen (secondary N) is 1. The molecule has 0 saturated carbocycles. The lowest BCUT2D eigenvalue weighted by molar-refractivity contribution is -0.384. The number of nitro benzene ring substituents is 1. The second-order valence-electron chi connectivity index (χ2n) is 8.27. The van der Waals surface area contributed by atoms with E-state index in [1.807, 2.05) is 6.07 Å². The van der Waals surface area contributed by atoms with E-state index in [2.05, 4.69) is 10.4 Å². The van der Waals surface area contributed by atoms with Crippen molar-refractivity contribution in [2.45, 2.75) is 24.0 Å².